The second-order valence-corrected chi connectivity index (χ2v) is 8.42. The van der Waals surface area contributed by atoms with Crippen molar-refractivity contribution in [3.05, 3.63) is 95.6 Å². The lowest BCUT2D eigenvalue weighted by Crippen LogP contribution is -2.36. The molecule has 4 rings (SSSR count). The van der Waals surface area contributed by atoms with Crippen molar-refractivity contribution in [2.24, 2.45) is 0 Å². The summed E-state index contributed by atoms with van der Waals surface area (Å²) in [5, 5.41) is 14.2. The molecule has 1 atom stereocenters. The van der Waals surface area contributed by atoms with Gasteiger partial charge in [0.15, 0.2) is 0 Å². The zero-order valence-electron chi connectivity index (χ0n) is 19.2. The zero-order chi connectivity index (χ0) is 24.8. The highest BCUT2D eigenvalue weighted by Crippen LogP contribution is 2.44. The van der Waals surface area contributed by atoms with Crippen molar-refractivity contribution >= 4 is 29.7 Å². The third kappa shape index (κ3) is 5.95. The number of amides is 2. The molecule has 178 valence electrons. The number of carbonyl (C=O) groups is 3. The van der Waals surface area contributed by atoms with E-state index in [1.807, 2.05) is 24.3 Å². The summed E-state index contributed by atoms with van der Waals surface area (Å²) >= 11 is 0. The van der Waals surface area contributed by atoms with E-state index in [0.29, 0.717) is 11.3 Å². The number of alkyl carbamates (subject to hydrolysis) is 1. The monoisotopic (exact) mass is 470 g/mol. The SMILES string of the molecule is CC(CC(=O)Nc1ccc(/C=C/C(=O)O)cc1)NC(=O)OCC1c2ccccc2-c2ccccc21. The number of hydrogen-bond donors (Lipinski definition) is 3. The Morgan fingerprint density at radius 2 is 1.54 bits per heavy atom. The molecule has 0 aromatic heterocycles. The summed E-state index contributed by atoms with van der Waals surface area (Å²) in [4.78, 5) is 35.3. The Bertz CT molecular complexity index is 1220. The van der Waals surface area contributed by atoms with Crippen LogP contribution in [-0.4, -0.2) is 35.7 Å². The molecule has 2 amide bonds. The lowest BCUT2D eigenvalue weighted by molar-refractivity contribution is -0.131. The molecule has 0 saturated carbocycles. The topological polar surface area (TPSA) is 105 Å². The van der Waals surface area contributed by atoms with Crippen molar-refractivity contribution in [3.63, 3.8) is 0 Å². The summed E-state index contributed by atoms with van der Waals surface area (Å²) in [6, 6.07) is 22.6. The van der Waals surface area contributed by atoms with Gasteiger partial charge in [0.05, 0.1) is 0 Å². The van der Waals surface area contributed by atoms with Gasteiger partial charge < -0.3 is 20.5 Å². The van der Waals surface area contributed by atoms with Crippen LogP contribution in [0.4, 0.5) is 10.5 Å². The maximum absolute atomic E-state index is 12.4. The number of carboxylic acids is 1. The second kappa shape index (κ2) is 10.7. The van der Waals surface area contributed by atoms with Crippen molar-refractivity contribution in [3.8, 4) is 11.1 Å². The summed E-state index contributed by atoms with van der Waals surface area (Å²) in [6.45, 7) is 1.95. The van der Waals surface area contributed by atoms with Crippen LogP contribution in [-0.2, 0) is 14.3 Å². The van der Waals surface area contributed by atoms with E-state index in [4.69, 9.17) is 9.84 Å². The number of hydrogen-bond acceptors (Lipinski definition) is 4. The summed E-state index contributed by atoms with van der Waals surface area (Å²) in [5.74, 6) is -1.31. The van der Waals surface area contributed by atoms with Gasteiger partial charge in [-0.3, -0.25) is 4.79 Å². The van der Waals surface area contributed by atoms with Crippen LogP contribution in [0.25, 0.3) is 17.2 Å². The molecular weight excluding hydrogens is 444 g/mol. The Morgan fingerprint density at radius 1 is 0.943 bits per heavy atom. The van der Waals surface area contributed by atoms with E-state index in [-0.39, 0.29) is 24.9 Å². The number of fused-ring (bicyclic) bond motifs is 3. The molecule has 0 heterocycles. The number of benzene rings is 3. The molecule has 7 heteroatoms. The first-order valence-corrected chi connectivity index (χ1v) is 11.3. The highest BCUT2D eigenvalue weighted by molar-refractivity contribution is 5.91. The minimum atomic E-state index is -1.03. The molecule has 7 nitrogen and oxygen atoms in total. The number of rotatable bonds is 8. The highest BCUT2D eigenvalue weighted by atomic mass is 16.5. The van der Waals surface area contributed by atoms with Gasteiger partial charge >= 0.3 is 12.1 Å². The van der Waals surface area contributed by atoms with Crippen LogP contribution in [0.3, 0.4) is 0 Å². The number of anilines is 1. The lowest BCUT2D eigenvalue weighted by atomic mass is 9.98. The Balaban J connectivity index is 1.26. The molecule has 3 aromatic carbocycles. The third-order valence-electron chi connectivity index (χ3n) is 5.81. The van der Waals surface area contributed by atoms with Gasteiger partial charge in [0.25, 0.3) is 0 Å². The molecular formula is C28H26N2O5. The van der Waals surface area contributed by atoms with Gasteiger partial charge in [-0.2, -0.15) is 0 Å². The van der Waals surface area contributed by atoms with Crippen LogP contribution >= 0.6 is 0 Å². The first kappa shape index (κ1) is 23.8. The summed E-state index contributed by atoms with van der Waals surface area (Å²) in [6.07, 6.45) is 2.02. The molecule has 3 N–H and O–H groups in total. The quantitative estimate of drug-likeness (QED) is 0.400. The van der Waals surface area contributed by atoms with E-state index in [9.17, 15) is 14.4 Å². The minimum Gasteiger partial charge on any atom is -0.478 e. The van der Waals surface area contributed by atoms with Gasteiger partial charge in [-0.05, 0) is 52.9 Å². The molecule has 1 unspecified atom stereocenters. The molecule has 1 aliphatic rings. The van der Waals surface area contributed by atoms with Gasteiger partial charge in [0.1, 0.15) is 6.61 Å². The number of carbonyl (C=O) groups excluding carboxylic acids is 2. The van der Waals surface area contributed by atoms with Crippen LogP contribution in [0.15, 0.2) is 78.9 Å². The average Bonchev–Trinajstić information content (AvgIpc) is 3.16. The predicted molar refractivity (Wildman–Crippen MR) is 134 cm³/mol. The highest BCUT2D eigenvalue weighted by Gasteiger charge is 2.29. The Morgan fingerprint density at radius 3 is 2.14 bits per heavy atom. The summed E-state index contributed by atoms with van der Waals surface area (Å²) in [5.41, 5.74) is 5.88. The standard InChI is InChI=1S/C28H26N2O5/c1-18(16-26(31)30-20-13-10-19(11-14-20)12-15-27(32)33)29-28(34)35-17-25-23-8-4-2-6-21(23)22-7-3-5-9-24(22)25/h2-15,18,25H,16-17H2,1H3,(H,29,34)(H,30,31)(H,32,33)/b15-12+. The van der Waals surface area contributed by atoms with Crippen LogP contribution < -0.4 is 10.6 Å². The molecule has 3 aromatic rings. The first-order valence-electron chi connectivity index (χ1n) is 11.3. The third-order valence-corrected chi connectivity index (χ3v) is 5.81. The van der Waals surface area contributed by atoms with Crippen LogP contribution in [0.1, 0.15) is 36.0 Å². The van der Waals surface area contributed by atoms with E-state index >= 15 is 0 Å². The Labute approximate surface area is 203 Å². The lowest BCUT2D eigenvalue weighted by Gasteiger charge is -2.17. The average molecular weight is 471 g/mol. The largest absolute Gasteiger partial charge is 0.478 e. The van der Waals surface area contributed by atoms with E-state index < -0.39 is 18.1 Å². The van der Waals surface area contributed by atoms with Crippen molar-refractivity contribution in [1.29, 1.82) is 0 Å². The normalized spacial score (nSPS) is 13.1. The number of ether oxygens (including phenoxy) is 1. The predicted octanol–water partition coefficient (Wildman–Crippen LogP) is 5.04. The Kier molecular flexibility index (Phi) is 7.26. The van der Waals surface area contributed by atoms with Crippen molar-refractivity contribution in [2.45, 2.75) is 25.3 Å². The van der Waals surface area contributed by atoms with Crippen molar-refractivity contribution < 1.29 is 24.2 Å². The fourth-order valence-electron chi connectivity index (χ4n) is 4.23. The molecule has 0 aliphatic heterocycles. The maximum atomic E-state index is 12.4. The molecule has 1 aliphatic carbocycles. The van der Waals surface area contributed by atoms with Crippen molar-refractivity contribution in [2.75, 3.05) is 11.9 Å². The Hall–Kier alpha value is -4.39. The van der Waals surface area contributed by atoms with E-state index in [1.165, 1.54) is 6.08 Å². The second-order valence-electron chi connectivity index (χ2n) is 8.42. The van der Waals surface area contributed by atoms with E-state index in [0.717, 1.165) is 28.3 Å². The van der Waals surface area contributed by atoms with Crippen LogP contribution in [0.2, 0.25) is 0 Å². The number of nitrogens with one attached hydrogen (secondary N) is 2. The number of carboxylic acid groups (broad SMARTS) is 1. The maximum Gasteiger partial charge on any atom is 0.407 e. The molecule has 35 heavy (non-hydrogen) atoms. The van der Waals surface area contributed by atoms with E-state index in [2.05, 4.69) is 34.9 Å². The smallest absolute Gasteiger partial charge is 0.407 e. The number of aliphatic carboxylic acids is 1. The fraction of sp³-hybridized carbons (Fsp3) is 0.179. The van der Waals surface area contributed by atoms with Crippen molar-refractivity contribution in [1.82, 2.24) is 5.32 Å². The van der Waals surface area contributed by atoms with Gasteiger partial charge in [-0.1, -0.05) is 60.7 Å². The minimum absolute atomic E-state index is 0.0277. The zero-order valence-corrected chi connectivity index (χ0v) is 19.2. The van der Waals surface area contributed by atoms with Gasteiger partial charge in [-0.15, -0.1) is 0 Å². The summed E-state index contributed by atoms with van der Waals surface area (Å²) < 4.78 is 5.53. The molecule has 0 saturated heterocycles. The van der Waals surface area contributed by atoms with Gasteiger partial charge in [-0.25, -0.2) is 9.59 Å². The van der Waals surface area contributed by atoms with Gasteiger partial charge in [0, 0.05) is 30.1 Å². The first-order chi connectivity index (χ1) is 16.9. The fourth-order valence-corrected chi connectivity index (χ4v) is 4.23. The summed E-state index contributed by atoms with van der Waals surface area (Å²) in [7, 11) is 0. The molecule has 0 fully saturated rings. The van der Waals surface area contributed by atoms with E-state index in [1.54, 1.807) is 31.2 Å². The molecule has 0 bridgehead atoms. The van der Waals surface area contributed by atoms with Crippen LogP contribution in [0.5, 0.6) is 0 Å². The van der Waals surface area contributed by atoms with Crippen LogP contribution in [0, 0.1) is 0 Å². The van der Waals surface area contributed by atoms with Gasteiger partial charge in [0.2, 0.25) is 5.91 Å². The molecule has 0 radical (unpaired) electrons. The molecule has 0 spiro atoms.